The molecule has 0 bridgehead atoms. The van der Waals surface area contributed by atoms with E-state index in [-0.39, 0.29) is 30.2 Å². The second-order valence-corrected chi connectivity index (χ2v) is 12.9. The summed E-state index contributed by atoms with van der Waals surface area (Å²) in [5.74, 6) is 0.0743. The zero-order valence-corrected chi connectivity index (χ0v) is 26.5. The number of para-hydroxylation sites is 1. The molecule has 1 atom stereocenters. The van der Waals surface area contributed by atoms with Gasteiger partial charge in [-0.3, -0.25) is 9.69 Å². The Morgan fingerprint density at radius 2 is 1.64 bits per heavy atom. The molecule has 4 aliphatic rings. The van der Waals surface area contributed by atoms with Gasteiger partial charge in [-0.25, -0.2) is 9.59 Å². The highest BCUT2D eigenvalue weighted by Crippen LogP contribution is 2.27. The van der Waals surface area contributed by atoms with Gasteiger partial charge in [0.1, 0.15) is 5.75 Å². The highest BCUT2D eigenvalue weighted by Gasteiger charge is 2.36. The van der Waals surface area contributed by atoms with E-state index >= 15 is 0 Å². The first kappa shape index (κ1) is 31.2. The number of nitrogens with one attached hydrogen (secondary N) is 1. The van der Waals surface area contributed by atoms with E-state index in [0.717, 1.165) is 41.9 Å². The van der Waals surface area contributed by atoms with Crippen LogP contribution in [0.4, 0.5) is 15.3 Å². The third kappa shape index (κ3) is 7.21. The SMILES string of the molecule is CCc1cc(C[C@@H](OC(=O)N2CCC(N3CCc4ccccc4NC3=O)CC2)C(=O)N2CCN(C3CCCC3)CC2)ccc1O. The number of benzene rings is 2. The molecule has 45 heavy (non-hydrogen) atoms. The minimum Gasteiger partial charge on any atom is -0.508 e. The third-order valence-electron chi connectivity index (χ3n) is 10.2. The number of fused-ring (bicyclic) bond motifs is 1. The molecular formula is C35H47N5O5. The van der Waals surface area contributed by atoms with Crippen LogP contribution in [0.25, 0.3) is 0 Å². The third-order valence-corrected chi connectivity index (χ3v) is 10.2. The van der Waals surface area contributed by atoms with Crippen molar-refractivity contribution in [3.63, 3.8) is 0 Å². The molecule has 1 saturated carbocycles. The number of piperazine rings is 1. The van der Waals surface area contributed by atoms with E-state index in [1.807, 2.05) is 47.1 Å². The van der Waals surface area contributed by atoms with Crippen LogP contribution in [0, 0.1) is 0 Å². The molecule has 2 aromatic carbocycles. The average Bonchev–Trinajstić information content (AvgIpc) is 3.55. The molecule has 6 rings (SSSR count). The molecule has 10 nitrogen and oxygen atoms in total. The normalized spacial score (nSPS) is 20.8. The van der Waals surface area contributed by atoms with Crippen LogP contribution in [0.3, 0.4) is 0 Å². The van der Waals surface area contributed by atoms with Crippen molar-refractivity contribution in [3.05, 3.63) is 59.2 Å². The highest BCUT2D eigenvalue weighted by molar-refractivity contribution is 5.91. The number of ether oxygens (including phenoxy) is 1. The summed E-state index contributed by atoms with van der Waals surface area (Å²) in [6, 6.07) is 13.8. The van der Waals surface area contributed by atoms with Gasteiger partial charge in [-0.15, -0.1) is 0 Å². The zero-order chi connectivity index (χ0) is 31.3. The molecule has 1 aliphatic carbocycles. The molecule has 10 heteroatoms. The van der Waals surface area contributed by atoms with Crippen molar-refractivity contribution in [1.29, 1.82) is 0 Å². The molecule has 0 aromatic heterocycles. The smallest absolute Gasteiger partial charge is 0.410 e. The molecule has 2 aromatic rings. The van der Waals surface area contributed by atoms with Crippen LogP contribution in [0.2, 0.25) is 0 Å². The van der Waals surface area contributed by atoms with Gasteiger partial charge in [0.25, 0.3) is 5.91 Å². The fourth-order valence-electron chi connectivity index (χ4n) is 7.52. The number of rotatable bonds is 7. The standard InChI is InChI=1S/C35H47N5O5/c1-2-26-23-25(11-12-31(26)41)24-32(33(42)38-21-19-37(20-22-38)28-8-4-5-9-28)45-35(44)39-16-14-29(15-17-39)40-18-13-27-7-3-6-10-30(27)36-34(40)43/h3,6-7,10-12,23,28-29,32,41H,2,4-5,8-9,13-22,24H2,1H3,(H,36,43)/t32-/m1/s1. The maximum Gasteiger partial charge on any atom is 0.410 e. The first-order valence-corrected chi connectivity index (χ1v) is 16.8. The van der Waals surface area contributed by atoms with Gasteiger partial charge < -0.3 is 29.9 Å². The number of likely N-dealkylation sites (tertiary alicyclic amines) is 1. The summed E-state index contributed by atoms with van der Waals surface area (Å²) in [5, 5.41) is 13.3. The largest absolute Gasteiger partial charge is 0.508 e. The number of hydrogen-bond acceptors (Lipinski definition) is 6. The van der Waals surface area contributed by atoms with E-state index < -0.39 is 12.2 Å². The molecule has 3 heterocycles. The number of urea groups is 1. The maximum absolute atomic E-state index is 13.9. The monoisotopic (exact) mass is 617 g/mol. The highest BCUT2D eigenvalue weighted by atomic mass is 16.6. The van der Waals surface area contributed by atoms with Crippen molar-refractivity contribution in [3.8, 4) is 5.75 Å². The maximum atomic E-state index is 13.9. The Bertz CT molecular complexity index is 1360. The molecule has 3 aliphatic heterocycles. The number of carbonyl (C=O) groups excluding carboxylic acids is 3. The van der Waals surface area contributed by atoms with Crippen LogP contribution < -0.4 is 5.32 Å². The number of hydrogen-bond donors (Lipinski definition) is 2. The van der Waals surface area contributed by atoms with Gasteiger partial charge in [-0.2, -0.15) is 0 Å². The number of aromatic hydroxyl groups is 1. The first-order valence-electron chi connectivity index (χ1n) is 16.8. The van der Waals surface area contributed by atoms with Gasteiger partial charge >= 0.3 is 12.1 Å². The second kappa shape index (κ2) is 14.1. The van der Waals surface area contributed by atoms with Gasteiger partial charge in [0.15, 0.2) is 6.10 Å². The lowest BCUT2D eigenvalue weighted by Crippen LogP contribution is -2.55. The molecule has 4 amide bonds. The summed E-state index contributed by atoms with van der Waals surface area (Å²) in [7, 11) is 0. The van der Waals surface area contributed by atoms with Crippen LogP contribution in [0.1, 0.15) is 62.1 Å². The van der Waals surface area contributed by atoms with Gasteiger partial charge in [-0.1, -0.05) is 50.1 Å². The van der Waals surface area contributed by atoms with Crippen LogP contribution in [-0.2, 0) is 28.8 Å². The lowest BCUT2D eigenvalue weighted by molar-refractivity contribution is -0.143. The number of phenols is 1. The number of piperidine rings is 1. The topological polar surface area (TPSA) is 106 Å². The summed E-state index contributed by atoms with van der Waals surface area (Å²) >= 11 is 0. The summed E-state index contributed by atoms with van der Waals surface area (Å²) in [4.78, 5) is 48.4. The summed E-state index contributed by atoms with van der Waals surface area (Å²) in [6.07, 6.45) is 6.61. The fraction of sp³-hybridized carbons (Fsp3) is 0.571. The van der Waals surface area contributed by atoms with Crippen molar-refractivity contribution >= 4 is 23.7 Å². The van der Waals surface area contributed by atoms with Crippen LogP contribution in [-0.4, -0.2) is 107 Å². The number of anilines is 1. The fourth-order valence-corrected chi connectivity index (χ4v) is 7.52. The average molecular weight is 618 g/mol. The van der Waals surface area contributed by atoms with Crippen molar-refractivity contribution in [2.24, 2.45) is 0 Å². The predicted molar refractivity (Wildman–Crippen MR) is 172 cm³/mol. The van der Waals surface area contributed by atoms with E-state index in [4.69, 9.17) is 4.74 Å². The van der Waals surface area contributed by atoms with Gasteiger partial charge in [0.05, 0.1) is 0 Å². The zero-order valence-electron chi connectivity index (χ0n) is 26.5. The van der Waals surface area contributed by atoms with E-state index in [9.17, 15) is 19.5 Å². The second-order valence-electron chi connectivity index (χ2n) is 12.9. The quantitative estimate of drug-likeness (QED) is 0.469. The number of carbonyl (C=O) groups is 3. The Morgan fingerprint density at radius 3 is 2.38 bits per heavy atom. The lowest BCUT2D eigenvalue weighted by Gasteiger charge is -2.40. The molecule has 2 saturated heterocycles. The minimum atomic E-state index is -0.947. The molecule has 0 unspecified atom stereocenters. The Morgan fingerprint density at radius 1 is 0.911 bits per heavy atom. The molecule has 242 valence electrons. The summed E-state index contributed by atoms with van der Waals surface area (Å²) < 4.78 is 6.03. The molecule has 0 spiro atoms. The van der Waals surface area contributed by atoms with Crippen LogP contribution in [0.15, 0.2) is 42.5 Å². The number of nitrogens with zero attached hydrogens (tertiary/aromatic N) is 4. The number of amides is 4. The summed E-state index contributed by atoms with van der Waals surface area (Å²) in [5.41, 5.74) is 3.65. The van der Waals surface area contributed by atoms with E-state index in [0.29, 0.717) is 58.0 Å². The van der Waals surface area contributed by atoms with E-state index in [1.165, 1.54) is 25.7 Å². The lowest BCUT2D eigenvalue weighted by atomic mass is 10.0. The molecule has 0 radical (unpaired) electrons. The van der Waals surface area contributed by atoms with Gasteiger partial charge in [-0.05, 0) is 67.3 Å². The Hall–Kier alpha value is -3.79. The van der Waals surface area contributed by atoms with Crippen molar-refractivity contribution < 1.29 is 24.2 Å². The van der Waals surface area contributed by atoms with Crippen molar-refractivity contribution in [1.82, 2.24) is 19.6 Å². The summed E-state index contributed by atoms with van der Waals surface area (Å²) in [6.45, 7) is 6.48. The van der Waals surface area contributed by atoms with Crippen molar-refractivity contribution in [2.75, 3.05) is 51.1 Å². The minimum absolute atomic E-state index is 0.0291. The van der Waals surface area contributed by atoms with Crippen LogP contribution >= 0.6 is 0 Å². The molecular weight excluding hydrogens is 570 g/mol. The van der Waals surface area contributed by atoms with Gasteiger partial charge in [0.2, 0.25) is 0 Å². The van der Waals surface area contributed by atoms with E-state index in [1.54, 1.807) is 17.0 Å². The Kier molecular flexibility index (Phi) is 9.78. The number of phenolic OH excluding ortho intramolecular Hbond substituents is 1. The van der Waals surface area contributed by atoms with E-state index in [2.05, 4.69) is 10.2 Å². The molecule has 3 fully saturated rings. The first-order chi connectivity index (χ1) is 21.9. The Labute approximate surface area is 266 Å². The van der Waals surface area contributed by atoms with Gasteiger partial charge in [0, 0.05) is 70.0 Å². The molecule has 2 N–H and O–H groups in total. The number of aryl methyl sites for hydroxylation is 1. The van der Waals surface area contributed by atoms with Crippen LogP contribution in [0.5, 0.6) is 5.75 Å². The predicted octanol–water partition coefficient (Wildman–Crippen LogP) is 4.64. The Balaban J connectivity index is 1.08. The van der Waals surface area contributed by atoms with Crippen molar-refractivity contribution in [2.45, 2.75) is 82.9 Å².